The second-order valence-electron chi connectivity index (χ2n) is 6.94. The van der Waals surface area contributed by atoms with Gasteiger partial charge in [0.2, 0.25) is 5.91 Å². The lowest BCUT2D eigenvalue weighted by Crippen LogP contribution is -2.47. The van der Waals surface area contributed by atoms with Crippen LogP contribution in [0.1, 0.15) is 47.2 Å². The molecule has 0 aliphatic heterocycles. The first-order valence-electron chi connectivity index (χ1n) is 9.74. The highest BCUT2D eigenvalue weighted by Crippen LogP contribution is 2.18. The summed E-state index contributed by atoms with van der Waals surface area (Å²) in [4.78, 5) is 25.4. The van der Waals surface area contributed by atoms with Crippen LogP contribution in [0.15, 0.2) is 54.6 Å². The Balaban J connectivity index is 2.00. The maximum absolute atomic E-state index is 12.8. The third kappa shape index (κ3) is 6.71. The second kappa shape index (κ2) is 11.5. The van der Waals surface area contributed by atoms with Crippen LogP contribution in [0.25, 0.3) is 0 Å². The third-order valence-corrected chi connectivity index (χ3v) is 5.44. The van der Waals surface area contributed by atoms with E-state index in [0.29, 0.717) is 18.5 Å². The summed E-state index contributed by atoms with van der Waals surface area (Å²) >= 11 is 1.67. The van der Waals surface area contributed by atoms with Crippen LogP contribution in [0.2, 0.25) is 0 Å². The van der Waals surface area contributed by atoms with Gasteiger partial charge in [-0.05, 0) is 49.5 Å². The van der Waals surface area contributed by atoms with Gasteiger partial charge in [0.15, 0.2) is 0 Å². The standard InChI is InChI=1S/C23H30N2O2S/c1-4-18(19-10-6-5-7-11-19)16-24-23(27)21(13-14-28-3)25-22(26)20-12-8-9-17(2)15-20/h5-12,15,18,21H,4,13-14,16H2,1-3H3,(H,24,27)(H,25,26). The zero-order valence-corrected chi connectivity index (χ0v) is 17.7. The number of hydrogen-bond acceptors (Lipinski definition) is 3. The zero-order valence-electron chi connectivity index (χ0n) is 16.9. The fourth-order valence-electron chi connectivity index (χ4n) is 3.10. The molecule has 0 aliphatic carbocycles. The van der Waals surface area contributed by atoms with Crippen molar-refractivity contribution in [2.45, 2.75) is 38.6 Å². The van der Waals surface area contributed by atoms with Gasteiger partial charge in [-0.3, -0.25) is 9.59 Å². The molecule has 2 rings (SSSR count). The van der Waals surface area contributed by atoms with Crippen molar-refractivity contribution >= 4 is 23.6 Å². The van der Waals surface area contributed by atoms with E-state index >= 15 is 0 Å². The molecule has 2 aromatic rings. The highest BCUT2D eigenvalue weighted by atomic mass is 32.2. The first kappa shape index (κ1) is 22.0. The van der Waals surface area contributed by atoms with Crippen molar-refractivity contribution < 1.29 is 9.59 Å². The minimum absolute atomic E-state index is 0.121. The summed E-state index contributed by atoms with van der Waals surface area (Å²) in [6.07, 6.45) is 3.54. The minimum atomic E-state index is -0.534. The molecule has 2 amide bonds. The average molecular weight is 399 g/mol. The Labute approximate surface area is 172 Å². The van der Waals surface area contributed by atoms with E-state index in [1.54, 1.807) is 17.8 Å². The number of aryl methyl sites for hydroxylation is 1. The van der Waals surface area contributed by atoms with Crippen molar-refractivity contribution in [1.29, 1.82) is 0 Å². The predicted octanol–water partition coefficient (Wildman–Crippen LogP) is 4.16. The van der Waals surface area contributed by atoms with Gasteiger partial charge in [0.25, 0.3) is 5.91 Å². The predicted molar refractivity (Wildman–Crippen MR) is 118 cm³/mol. The minimum Gasteiger partial charge on any atom is -0.354 e. The second-order valence-corrected chi connectivity index (χ2v) is 7.92. The highest BCUT2D eigenvalue weighted by molar-refractivity contribution is 7.98. The largest absolute Gasteiger partial charge is 0.354 e. The van der Waals surface area contributed by atoms with Gasteiger partial charge in [-0.15, -0.1) is 0 Å². The van der Waals surface area contributed by atoms with Crippen molar-refractivity contribution in [2.75, 3.05) is 18.6 Å². The quantitative estimate of drug-likeness (QED) is 0.632. The number of carbonyl (C=O) groups excluding carboxylic acids is 2. The molecule has 2 unspecified atom stereocenters. The number of nitrogens with one attached hydrogen (secondary N) is 2. The first-order valence-corrected chi connectivity index (χ1v) is 11.1. The van der Waals surface area contributed by atoms with Gasteiger partial charge < -0.3 is 10.6 Å². The normalized spacial score (nSPS) is 12.8. The van der Waals surface area contributed by atoms with Crippen LogP contribution < -0.4 is 10.6 Å². The van der Waals surface area contributed by atoms with Crippen LogP contribution in [0.4, 0.5) is 0 Å². The van der Waals surface area contributed by atoms with Gasteiger partial charge in [-0.25, -0.2) is 0 Å². The molecule has 28 heavy (non-hydrogen) atoms. The van der Waals surface area contributed by atoms with E-state index in [1.807, 2.05) is 49.6 Å². The van der Waals surface area contributed by atoms with Gasteiger partial charge >= 0.3 is 0 Å². The summed E-state index contributed by atoms with van der Waals surface area (Å²) in [5, 5.41) is 5.96. The molecule has 0 spiro atoms. The Hall–Kier alpha value is -2.27. The van der Waals surface area contributed by atoms with Crippen LogP contribution in [-0.4, -0.2) is 36.4 Å². The fourth-order valence-corrected chi connectivity index (χ4v) is 3.57. The Morgan fingerprint density at radius 2 is 1.82 bits per heavy atom. The van der Waals surface area contributed by atoms with E-state index in [2.05, 4.69) is 29.7 Å². The van der Waals surface area contributed by atoms with Gasteiger partial charge in [0, 0.05) is 18.0 Å². The Morgan fingerprint density at radius 3 is 2.46 bits per heavy atom. The molecule has 0 heterocycles. The number of hydrogen-bond donors (Lipinski definition) is 2. The van der Waals surface area contributed by atoms with Crippen LogP contribution in [0.5, 0.6) is 0 Å². The Bertz CT molecular complexity index is 764. The molecule has 150 valence electrons. The van der Waals surface area contributed by atoms with Gasteiger partial charge in [0.05, 0.1) is 0 Å². The molecule has 4 nitrogen and oxygen atoms in total. The fraction of sp³-hybridized carbons (Fsp3) is 0.391. The summed E-state index contributed by atoms with van der Waals surface area (Å²) in [6, 6.07) is 17.1. The molecule has 0 saturated carbocycles. The van der Waals surface area contributed by atoms with E-state index in [9.17, 15) is 9.59 Å². The van der Waals surface area contributed by atoms with Crippen molar-refractivity contribution in [3.63, 3.8) is 0 Å². The Kier molecular flexibility index (Phi) is 9.08. The van der Waals surface area contributed by atoms with Gasteiger partial charge in [-0.2, -0.15) is 11.8 Å². The molecule has 0 radical (unpaired) electrons. The summed E-state index contributed by atoms with van der Waals surface area (Å²) in [5.74, 6) is 0.741. The van der Waals surface area contributed by atoms with Crippen molar-refractivity contribution in [3.05, 3.63) is 71.3 Å². The SMILES string of the molecule is CCC(CNC(=O)C(CCSC)NC(=O)c1cccc(C)c1)c1ccccc1. The molecule has 5 heteroatoms. The molecule has 0 fully saturated rings. The van der Waals surface area contributed by atoms with Gasteiger partial charge in [0.1, 0.15) is 6.04 Å². The summed E-state index contributed by atoms with van der Waals surface area (Å²) in [6.45, 7) is 4.63. The summed E-state index contributed by atoms with van der Waals surface area (Å²) in [7, 11) is 0. The maximum Gasteiger partial charge on any atom is 0.251 e. The maximum atomic E-state index is 12.8. The van der Waals surface area contributed by atoms with Crippen LogP contribution in [-0.2, 0) is 4.79 Å². The van der Waals surface area contributed by atoms with Crippen molar-refractivity contribution in [1.82, 2.24) is 10.6 Å². The average Bonchev–Trinajstić information content (AvgIpc) is 2.72. The molecular formula is C23H30N2O2S. The molecule has 0 bridgehead atoms. The van der Waals surface area contributed by atoms with Gasteiger partial charge in [-0.1, -0.05) is 55.0 Å². The highest BCUT2D eigenvalue weighted by Gasteiger charge is 2.22. The first-order chi connectivity index (χ1) is 13.5. The lowest BCUT2D eigenvalue weighted by atomic mass is 9.96. The van der Waals surface area contributed by atoms with Crippen molar-refractivity contribution in [3.8, 4) is 0 Å². The summed E-state index contributed by atoms with van der Waals surface area (Å²) < 4.78 is 0. The molecule has 0 aromatic heterocycles. The monoisotopic (exact) mass is 398 g/mol. The lowest BCUT2D eigenvalue weighted by Gasteiger charge is -2.21. The zero-order chi connectivity index (χ0) is 20.4. The molecule has 0 aliphatic rings. The smallest absolute Gasteiger partial charge is 0.251 e. The van der Waals surface area contributed by atoms with E-state index in [0.717, 1.165) is 17.7 Å². The number of carbonyl (C=O) groups is 2. The number of benzene rings is 2. The molecule has 0 saturated heterocycles. The van der Waals surface area contributed by atoms with Crippen molar-refractivity contribution in [2.24, 2.45) is 0 Å². The molecular weight excluding hydrogens is 368 g/mol. The Morgan fingerprint density at radius 1 is 1.07 bits per heavy atom. The van der Waals surface area contributed by atoms with E-state index in [-0.39, 0.29) is 17.7 Å². The van der Waals surface area contributed by atoms with E-state index in [4.69, 9.17) is 0 Å². The van der Waals surface area contributed by atoms with Crippen LogP contribution >= 0.6 is 11.8 Å². The topological polar surface area (TPSA) is 58.2 Å². The number of thioether (sulfide) groups is 1. The van der Waals surface area contributed by atoms with E-state index < -0.39 is 6.04 Å². The van der Waals surface area contributed by atoms with Crippen LogP contribution in [0, 0.1) is 6.92 Å². The van der Waals surface area contributed by atoms with E-state index in [1.165, 1.54) is 5.56 Å². The number of rotatable bonds is 10. The van der Waals surface area contributed by atoms with Crippen LogP contribution in [0.3, 0.4) is 0 Å². The molecule has 2 N–H and O–H groups in total. The number of amides is 2. The molecule has 2 aromatic carbocycles. The molecule has 2 atom stereocenters. The third-order valence-electron chi connectivity index (χ3n) is 4.80. The summed E-state index contributed by atoms with van der Waals surface area (Å²) in [5.41, 5.74) is 2.82. The lowest BCUT2D eigenvalue weighted by molar-refractivity contribution is -0.123.